The fourth-order valence-corrected chi connectivity index (χ4v) is 2.52. The lowest BCUT2D eigenvalue weighted by atomic mass is 9.97. The van der Waals surface area contributed by atoms with Gasteiger partial charge in [-0.05, 0) is 50.0 Å². The van der Waals surface area contributed by atoms with Crippen molar-refractivity contribution >= 4 is 17.5 Å². The van der Waals surface area contributed by atoms with Gasteiger partial charge in [0.05, 0.1) is 0 Å². The van der Waals surface area contributed by atoms with Crippen LogP contribution in [0.5, 0.6) is 0 Å². The molecule has 0 aliphatic carbocycles. The molecule has 1 aliphatic rings. The molecule has 2 rings (SSSR count). The minimum atomic E-state index is -0.0722. The normalized spacial score (nSPS) is 15.5. The summed E-state index contributed by atoms with van der Waals surface area (Å²) >= 11 is 0. The van der Waals surface area contributed by atoms with Crippen LogP contribution in [0.25, 0.3) is 0 Å². The van der Waals surface area contributed by atoms with E-state index in [-0.39, 0.29) is 17.7 Å². The average Bonchev–Trinajstić information content (AvgIpc) is 2.49. The SMILES string of the molecule is CC(=O)Nc1ccc(CCNC(=O)C2CCNCC2)cc1. The van der Waals surface area contributed by atoms with Crippen molar-refractivity contribution in [2.24, 2.45) is 5.92 Å². The van der Waals surface area contributed by atoms with E-state index in [0.29, 0.717) is 6.54 Å². The van der Waals surface area contributed by atoms with Crippen LogP contribution in [0.1, 0.15) is 25.3 Å². The highest BCUT2D eigenvalue weighted by molar-refractivity contribution is 5.88. The second-order valence-electron chi connectivity index (χ2n) is 5.44. The topological polar surface area (TPSA) is 70.2 Å². The smallest absolute Gasteiger partial charge is 0.223 e. The van der Waals surface area contributed by atoms with Crippen LogP contribution in [0, 0.1) is 5.92 Å². The minimum absolute atomic E-state index is 0.0722. The summed E-state index contributed by atoms with van der Waals surface area (Å²) in [5.41, 5.74) is 1.94. The van der Waals surface area contributed by atoms with Crippen LogP contribution in [0.3, 0.4) is 0 Å². The first-order chi connectivity index (χ1) is 10.1. The standard InChI is InChI=1S/C16H23N3O2/c1-12(20)19-15-4-2-13(3-5-15)6-11-18-16(21)14-7-9-17-10-8-14/h2-5,14,17H,6-11H2,1H3,(H,18,21)(H,19,20). The average molecular weight is 289 g/mol. The van der Waals surface area contributed by atoms with E-state index in [4.69, 9.17) is 0 Å². The number of hydrogen-bond donors (Lipinski definition) is 3. The number of hydrogen-bond acceptors (Lipinski definition) is 3. The van der Waals surface area contributed by atoms with Gasteiger partial charge >= 0.3 is 0 Å². The van der Waals surface area contributed by atoms with E-state index >= 15 is 0 Å². The highest BCUT2D eigenvalue weighted by Crippen LogP contribution is 2.12. The lowest BCUT2D eigenvalue weighted by Gasteiger charge is -2.21. The molecule has 0 atom stereocenters. The molecule has 0 aromatic heterocycles. The highest BCUT2D eigenvalue weighted by atomic mass is 16.2. The highest BCUT2D eigenvalue weighted by Gasteiger charge is 2.20. The third kappa shape index (κ3) is 5.19. The molecule has 5 nitrogen and oxygen atoms in total. The van der Waals surface area contributed by atoms with Crippen LogP contribution >= 0.6 is 0 Å². The van der Waals surface area contributed by atoms with Crippen molar-refractivity contribution in [1.29, 1.82) is 0 Å². The zero-order chi connectivity index (χ0) is 15.1. The summed E-state index contributed by atoms with van der Waals surface area (Å²) in [6.07, 6.45) is 2.66. The fraction of sp³-hybridized carbons (Fsp3) is 0.500. The van der Waals surface area contributed by atoms with Crippen molar-refractivity contribution in [3.63, 3.8) is 0 Å². The van der Waals surface area contributed by atoms with Crippen LogP contribution in [0.4, 0.5) is 5.69 Å². The molecule has 114 valence electrons. The predicted octanol–water partition coefficient (Wildman–Crippen LogP) is 1.30. The molecule has 1 saturated heterocycles. The van der Waals surface area contributed by atoms with E-state index < -0.39 is 0 Å². The number of anilines is 1. The number of benzene rings is 1. The number of piperidine rings is 1. The number of carbonyl (C=O) groups is 2. The molecule has 0 unspecified atom stereocenters. The van der Waals surface area contributed by atoms with E-state index in [9.17, 15) is 9.59 Å². The molecule has 2 amide bonds. The maximum absolute atomic E-state index is 12.0. The van der Waals surface area contributed by atoms with Crippen molar-refractivity contribution in [3.8, 4) is 0 Å². The molecule has 1 aliphatic heterocycles. The van der Waals surface area contributed by atoms with E-state index in [2.05, 4.69) is 16.0 Å². The van der Waals surface area contributed by atoms with E-state index in [1.807, 2.05) is 24.3 Å². The summed E-state index contributed by atoms with van der Waals surface area (Å²) in [6, 6.07) is 7.71. The maximum atomic E-state index is 12.0. The Morgan fingerprint density at radius 1 is 1.19 bits per heavy atom. The first-order valence-corrected chi connectivity index (χ1v) is 7.50. The van der Waals surface area contributed by atoms with Gasteiger partial charge in [0.25, 0.3) is 0 Å². The molecule has 3 N–H and O–H groups in total. The summed E-state index contributed by atoms with van der Waals surface area (Å²) in [5, 5.41) is 9.01. The molecular weight excluding hydrogens is 266 g/mol. The second kappa shape index (κ2) is 7.78. The van der Waals surface area contributed by atoms with Gasteiger partial charge in [-0.25, -0.2) is 0 Å². The Balaban J connectivity index is 1.72. The van der Waals surface area contributed by atoms with Crippen molar-refractivity contribution in [3.05, 3.63) is 29.8 Å². The van der Waals surface area contributed by atoms with Crippen molar-refractivity contribution in [2.45, 2.75) is 26.2 Å². The third-order valence-corrected chi connectivity index (χ3v) is 3.70. The summed E-state index contributed by atoms with van der Waals surface area (Å²) in [7, 11) is 0. The van der Waals surface area contributed by atoms with E-state index in [1.165, 1.54) is 6.92 Å². The lowest BCUT2D eigenvalue weighted by molar-refractivity contribution is -0.125. The zero-order valence-corrected chi connectivity index (χ0v) is 12.4. The van der Waals surface area contributed by atoms with E-state index in [0.717, 1.165) is 43.6 Å². The Kier molecular flexibility index (Phi) is 5.75. The summed E-state index contributed by atoms with van der Waals surface area (Å²) < 4.78 is 0. The van der Waals surface area contributed by atoms with Gasteiger partial charge in [0, 0.05) is 25.1 Å². The van der Waals surface area contributed by atoms with Gasteiger partial charge in [0.15, 0.2) is 0 Å². The van der Waals surface area contributed by atoms with Crippen LogP contribution < -0.4 is 16.0 Å². The molecule has 1 heterocycles. The van der Waals surface area contributed by atoms with Crippen LogP contribution in [0.2, 0.25) is 0 Å². The molecule has 1 aromatic carbocycles. The number of amides is 2. The van der Waals surface area contributed by atoms with Crippen molar-refractivity contribution < 1.29 is 9.59 Å². The molecule has 0 spiro atoms. The Morgan fingerprint density at radius 2 is 1.86 bits per heavy atom. The molecule has 21 heavy (non-hydrogen) atoms. The van der Waals surface area contributed by atoms with E-state index in [1.54, 1.807) is 0 Å². The monoisotopic (exact) mass is 289 g/mol. The number of rotatable bonds is 5. The molecule has 1 fully saturated rings. The van der Waals surface area contributed by atoms with Crippen LogP contribution in [-0.2, 0) is 16.0 Å². The second-order valence-corrected chi connectivity index (χ2v) is 5.44. The van der Waals surface area contributed by atoms with Gasteiger partial charge in [0.1, 0.15) is 0 Å². The Hall–Kier alpha value is -1.88. The molecule has 5 heteroatoms. The fourth-order valence-electron chi connectivity index (χ4n) is 2.52. The van der Waals surface area contributed by atoms with Gasteiger partial charge < -0.3 is 16.0 Å². The summed E-state index contributed by atoms with van der Waals surface area (Å²) in [4.78, 5) is 22.9. The third-order valence-electron chi connectivity index (χ3n) is 3.70. The first-order valence-electron chi connectivity index (χ1n) is 7.50. The Morgan fingerprint density at radius 3 is 2.48 bits per heavy atom. The largest absolute Gasteiger partial charge is 0.356 e. The molecule has 0 saturated carbocycles. The zero-order valence-electron chi connectivity index (χ0n) is 12.4. The van der Waals surface area contributed by atoms with Crippen LogP contribution in [0.15, 0.2) is 24.3 Å². The minimum Gasteiger partial charge on any atom is -0.356 e. The van der Waals surface area contributed by atoms with Gasteiger partial charge in [-0.15, -0.1) is 0 Å². The molecular formula is C16H23N3O2. The van der Waals surface area contributed by atoms with Crippen molar-refractivity contribution in [1.82, 2.24) is 10.6 Å². The molecule has 0 bridgehead atoms. The first kappa shape index (κ1) is 15.5. The van der Waals surface area contributed by atoms with Crippen LogP contribution in [-0.4, -0.2) is 31.4 Å². The molecule has 0 radical (unpaired) electrons. The Bertz CT molecular complexity index is 479. The van der Waals surface area contributed by atoms with Gasteiger partial charge in [-0.3, -0.25) is 9.59 Å². The quantitative estimate of drug-likeness (QED) is 0.765. The lowest BCUT2D eigenvalue weighted by Crippen LogP contribution is -2.38. The summed E-state index contributed by atoms with van der Waals surface area (Å²) in [5.74, 6) is 0.261. The Labute approximate surface area is 125 Å². The maximum Gasteiger partial charge on any atom is 0.223 e. The van der Waals surface area contributed by atoms with Gasteiger partial charge in [-0.2, -0.15) is 0 Å². The molecule has 1 aromatic rings. The van der Waals surface area contributed by atoms with Gasteiger partial charge in [0.2, 0.25) is 11.8 Å². The predicted molar refractivity (Wildman–Crippen MR) is 83.1 cm³/mol. The summed E-state index contributed by atoms with van der Waals surface area (Å²) in [6.45, 7) is 4.01. The number of carbonyl (C=O) groups excluding carboxylic acids is 2. The van der Waals surface area contributed by atoms with Gasteiger partial charge in [-0.1, -0.05) is 12.1 Å². The number of nitrogens with one attached hydrogen (secondary N) is 3. The van der Waals surface area contributed by atoms with Crippen molar-refractivity contribution in [2.75, 3.05) is 25.0 Å².